The van der Waals surface area contributed by atoms with E-state index in [9.17, 15) is 19.7 Å². The quantitative estimate of drug-likeness (QED) is 0.414. The van der Waals surface area contributed by atoms with E-state index < -0.39 is 22.4 Å². The van der Waals surface area contributed by atoms with Crippen LogP contribution in [0.25, 0.3) is 0 Å². The van der Waals surface area contributed by atoms with Gasteiger partial charge in [-0.1, -0.05) is 35.3 Å². The summed E-state index contributed by atoms with van der Waals surface area (Å²) in [6.07, 6.45) is 0. The number of nitrogens with one attached hydrogen (secondary N) is 2. The van der Waals surface area contributed by atoms with Gasteiger partial charge in [0, 0.05) is 21.7 Å². The van der Waals surface area contributed by atoms with Crippen molar-refractivity contribution >= 4 is 40.7 Å². The lowest BCUT2D eigenvalue weighted by Crippen LogP contribution is -2.41. The molecular formula is C21H15Cl2N3O5. The Hall–Kier alpha value is -3.62. The van der Waals surface area contributed by atoms with E-state index in [0.717, 1.165) is 11.6 Å². The van der Waals surface area contributed by atoms with Gasteiger partial charge in [0.1, 0.15) is 17.9 Å². The average Bonchev–Trinajstić information content (AvgIpc) is 2.77. The molecule has 0 atom stereocenters. The van der Waals surface area contributed by atoms with Crippen molar-refractivity contribution in [3.8, 4) is 5.75 Å². The Morgan fingerprint density at radius 1 is 0.871 bits per heavy atom. The van der Waals surface area contributed by atoms with Gasteiger partial charge in [-0.2, -0.15) is 0 Å². The highest BCUT2D eigenvalue weighted by atomic mass is 35.5. The normalized spacial score (nSPS) is 10.3. The molecule has 0 radical (unpaired) electrons. The third kappa shape index (κ3) is 5.94. The molecule has 8 nitrogen and oxygen atoms in total. The van der Waals surface area contributed by atoms with E-state index in [1.807, 2.05) is 0 Å². The van der Waals surface area contributed by atoms with Gasteiger partial charge >= 0.3 is 0 Å². The van der Waals surface area contributed by atoms with Gasteiger partial charge in [-0.05, 0) is 54.1 Å². The van der Waals surface area contributed by atoms with E-state index in [0.29, 0.717) is 17.4 Å². The minimum absolute atomic E-state index is 0.118. The number of carbonyl (C=O) groups is 2. The Balaban J connectivity index is 1.56. The third-order valence-electron chi connectivity index (χ3n) is 4.13. The lowest BCUT2D eigenvalue weighted by Gasteiger charge is -2.09. The van der Waals surface area contributed by atoms with Gasteiger partial charge in [0.15, 0.2) is 0 Å². The summed E-state index contributed by atoms with van der Waals surface area (Å²) >= 11 is 11.6. The number of nitro benzene ring substituents is 1. The zero-order valence-electron chi connectivity index (χ0n) is 15.8. The van der Waals surface area contributed by atoms with Gasteiger partial charge in [0.25, 0.3) is 17.5 Å². The zero-order chi connectivity index (χ0) is 22.4. The van der Waals surface area contributed by atoms with Gasteiger partial charge in [0.2, 0.25) is 0 Å². The van der Waals surface area contributed by atoms with Crippen molar-refractivity contribution in [1.29, 1.82) is 0 Å². The molecule has 0 saturated carbocycles. The molecule has 3 aromatic carbocycles. The van der Waals surface area contributed by atoms with Crippen LogP contribution in [-0.2, 0) is 6.61 Å². The minimum atomic E-state index is -0.843. The van der Waals surface area contributed by atoms with Crippen LogP contribution in [0.5, 0.6) is 5.75 Å². The molecule has 0 unspecified atom stereocenters. The molecule has 10 heteroatoms. The molecule has 0 saturated heterocycles. The molecule has 31 heavy (non-hydrogen) atoms. The molecule has 0 aliphatic carbocycles. The number of hydrazine groups is 1. The lowest BCUT2D eigenvalue weighted by molar-refractivity contribution is -0.385. The fraction of sp³-hybridized carbons (Fsp3) is 0.0476. The van der Waals surface area contributed by atoms with Gasteiger partial charge in [0.05, 0.1) is 4.92 Å². The number of carbonyl (C=O) groups excluding carboxylic acids is 2. The van der Waals surface area contributed by atoms with Crippen LogP contribution in [0.15, 0.2) is 66.7 Å². The van der Waals surface area contributed by atoms with Crippen molar-refractivity contribution in [2.45, 2.75) is 6.61 Å². The molecule has 0 fully saturated rings. The smallest absolute Gasteiger partial charge is 0.283 e. The van der Waals surface area contributed by atoms with Gasteiger partial charge in [-0.25, -0.2) is 0 Å². The second kappa shape index (κ2) is 9.92. The highest BCUT2D eigenvalue weighted by Gasteiger charge is 2.21. The van der Waals surface area contributed by atoms with Crippen molar-refractivity contribution in [1.82, 2.24) is 10.9 Å². The summed E-state index contributed by atoms with van der Waals surface area (Å²) in [5.74, 6) is -0.773. The second-order valence-corrected chi connectivity index (χ2v) is 7.14. The first-order valence-electron chi connectivity index (χ1n) is 8.85. The van der Waals surface area contributed by atoms with Crippen molar-refractivity contribution in [2.24, 2.45) is 0 Å². The maximum absolute atomic E-state index is 12.3. The first-order chi connectivity index (χ1) is 14.8. The topological polar surface area (TPSA) is 111 Å². The zero-order valence-corrected chi connectivity index (χ0v) is 17.3. The number of halogens is 2. The first-order valence-corrected chi connectivity index (χ1v) is 9.61. The van der Waals surface area contributed by atoms with Crippen LogP contribution in [0, 0.1) is 10.1 Å². The van der Waals surface area contributed by atoms with E-state index >= 15 is 0 Å². The molecule has 0 bridgehead atoms. The van der Waals surface area contributed by atoms with E-state index in [1.54, 1.807) is 48.5 Å². The van der Waals surface area contributed by atoms with Crippen molar-refractivity contribution in [3.05, 3.63) is 104 Å². The molecule has 0 heterocycles. The molecule has 158 valence electrons. The molecule has 2 N–H and O–H groups in total. The second-order valence-electron chi connectivity index (χ2n) is 6.27. The van der Waals surface area contributed by atoms with Crippen LogP contribution < -0.4 is 15.6 Å². The van der Waals surface area contributed by atoms with E-state index in [1.165, 1.54) is 12.1 Å². The Morgan fingerprint density at radius 3 is 2.13 bits per heavy atom. The number of rotatable bonds is 6. The lowest BCUT2D eigenvalue weighted by atomic mass is 10.1. The van der Waals surface area contributed by atoms with Crippen LogP contribution in [0.4, 0.5) is 5.69 Å². The maximum atomic E-state index is 12.3. The largest absolute Gasteiger partial charge is 0.489 e. The van der Waals surface area contributed by atoms with Gasteiger partial charge in [-0.15, -0.1) is 0 Å². The molecule has 2 amide bonds. The molecule has 0 spiro atoms. The fourth-order valence-electron chi connectivity index (χ4n) is 2.55. The van der Waals surface area contributed by atoms with Crippen LogP contribution >= 0.6 is 23.2 Å². The fourth-order valence-corrected chi connectivity index (χ4v) is 2.84. The van der Waals surface area contributed by atoms with Crippen molar-refractivity contribution < 1.29 is 19.2 Å². The third-order valence-corrected chi connectivity index (χ3v) is 4.61. The number of nitro groups is 1. The minimum Gasteiger partial charge on any atom is -0.489 e. The van der Waals surface area contributed by atoms with Crippen LogP contribution in [0.2, 0.25) is 10.0 Å². The number of hydrogen-bond donors (Lipinski definition) is 2. The number of hydrogen-bond acceptors (Lipinski definition) is 5. The molecular weight excluding hydrogens is 445 g/mol. The van der Waals surface area contributed by atoms with Gasteiger partial charge < -0.3 is 4.74 Å². The molecule has 0 aromatic heterocycles. The number of nitrogens with zero attached hydrogens (tertiary/aromatic N) is 1. The first kappa shape index (κ1) is 22.1. The standard InChI is InChI=1S/C21H15Cl2N3O5/c22-15-5-8-17(9-6-15)31-12-13-1-3-14(4-2-13)20(27)24-25-21(28)18-10-7-16(23)11-19(18)26(29)30/h1-11H,12H2,(H,24,27)(H,25,28). The van der Waals surface area contributed by atoms with E-state index in [2.05, 4.69) is 10.9 Å². The van der Waals surface area contributed by atoms with Crippen LogP contribution in [0.3, 0.4) is 0 Å². The van der Waals surface area contributed by atoms with Crippen molar-refractivity contribution in [2.75, 3.05) is 0 Å². The van der Waals surface area contributed by atoms with Crippen molar-refractivity contribution in [3.63, 3.8) is 0 Å². The van der Waals surface area contributed by atoms with Gasteiger partial charge in [-0.3, -0.25) is 30.6 Å². The maximum Gasteiger partial charge on any atom is 0.283 e. The highest BCUT2D eigenvalue weighted by Crippen LogP contribution is 2.23. The van der Waals surface area contributed by atoms with Crippen LogP contribution in [-0.4, -0.2) is 16.7 Å². The summed E-state index contributed by atoms with van der Waals surface area (Å²) in [6.45, 7) is 0.292. The molecule has 0 aliphatic rings. The SMILES string of the molecule is O=C(NNC(=O)c1ccc(Cl)cc1[N+](=O)[O-])c1ccc(COc2ccc(Cl)cc2)cc1. The van der Waals surface area contributed by atoms with Crippen LogP contribution in [0.1, 0.15) is 26.3 Å². The predicted octanol–water partition coefficient (Wildman–Crippen LogP) is 4.56. The average molecular weight is 460 g/mol. The predicted molar refractivity (Wildman–Crippen MR) is 115 cm³/mol. The Morgan fingerprint density at radius 2 is 1.48 bits per heavy atom. The monoisotopic (exact) mass is 459 g/mol. The summed E-state index contributed by atoms with van der Waals surface area (Å²) in [5, 5.41) is 11.8. The summed E-state index contributed by atoms with van der Waals surface area (Å²) in [4.78, 5) is 34.8. The molecule has 0 aliphatic heterocycles. The summed E-state index contributed by atoms with van der Waals surface area (Å²) < 4.78 is 5.63. The van der Waals surface area contributed by atoms with E-state index in [4.69, 9.17) is 27.9 Å². The summed E-state index contributed by atoms with van der Waals surface area (Å²) in [7, 11) is 0. The number of ether oxygens (including phenoxy) is 1. The summed E-state index contributed by atoms with van der Waals surface area (Å²) in [5.41, 5.74) is 4.78. The number of amides is 2. The summed E-state index contributed by atoms with van der Waals surface area (Å²) in [6, 6.07) is 17.1. The highest BCUT2D eigenvalue weighted by molar-refractivity contribution is 6.31. The number of benzene rings is 3. The Bertz CT molecular complexity index is 1120. The molecule has 3 rings (SSSR count). The Labute approximate surface area is 186 Å². The van der Waals surface area contributed by atoms with E-state index in [-0.39, 0.29) is 16.1 Å². The molecule has 3 aromatic rings. The Kier molecular flexibility index (Phi) is 7.07.